The van der Waals surface area contributed by atoms with Crippen LogP contribution in [0.25, 0.3) is 0 Å². The summed E-state index contributed by atoms with van der Waals surface area (Å²) in [5.41, 5.74) is 1.03. The highest BCUT2D eigenvalue weighted by Crippen LogP contribution is 2.22. The second-order valence-corrected chi connectivity index (χ2v) is 8.11. The molecule has 2 amide bonds. The number of hydrogen-bond donors (Lipinski definition) is 0. The summed E-state index contributed by atoms with van der Waals surface area (Å²) >= 11 is 0. The number of rotatable bonds is 7. The maximum Gasteiger partial charge on any atom is 0.228 e. The van der Waals surface area contributed by atoms with E-state index in [0.29, 0.717) is 32.5 Å². The first-order valence-corrected chi connectivity index (χ1v) is 10.3. The number of hydrogen-bond acceptors (Lipinski definition) is 5. The highest BCUT2D eigenvalue weighted by atomic mass is 16.5. The van der Waals surface area contributed by atoms with Crippen molar-refractivity contribution in [2.45, 2.75) is 39.3 Å². The monoisotopic (exact) mass is 391 g/mol. The Labute approximate surface area is 167 Å². The Bertz CT molecular complexity index is 669. The smallest absolute Gasteiger partial charge is 0.228 e. The minimum Gasteiger partial charge on any atom is -0.379 e. The standard InChI is InChI=1S/C20H33N5O3/c1-16(2)25(14-17-12-21-22(3)13-17)20(27)18-4-5-19(26)24(15-18)7-6-23-8-10-28-11-9-23/h12-13,16,18H,4-11,14-15H2,1-3H3/t18-/m0/s1. The molecule has 0 aromatic carbocycles. The van der Waals surface area contributed by atoms with E-state index in [1.165, 1.54) is 0 Å². The van der Waals surface area contributed by atoms with Crippen LogP contribution in [0.5, 0.6) is 0 Å². The van der Waals surface area contributed by atoms with E-state index >= 15 is 0 Å². The van der Waals surface area contributed by atoms with Crippen LogP contribution in [-0.2, 0) is 27.9 Å². The van der Waals surface area contributed by atoms with Crippen LogP contribution in [0.2, 0.25) is 0 Å². The number of nitrogens with zero attached hydrogens (tertiary/aromatic N) is 5. The van der Waals surface area contributed by atoms with E-state index in [0.717, 1.165) is 38.4 Å². The van der Waals surface area contributed by atoms with Crippen molar-refractivity contribution in [2.24, 2.45) is 13.0 Å². The highest BCUT2D eigenvalue weighted by molar-refractivity contribution is 5.84. The summed E-state index contributed by atoms with van der Waals surface area (Å²) in [7, 11) is 1.88. The predicted molar refractivity (Wildman–Crippen MR) is 105 cm³/mol. The summed E-state index contributed by atoms with van der Waals surface area (Å²) in [6.45, 7) is 10.0. The van der Waals surface area contributed by atoms with E-state index in [2.05, 4.69) is 10.00 Å². The van der Waals surface area contributed by atoms with Gasteiger partial charge < -0.3 is 14.5 Å². The molecule has 0 unspecified atom stereocenters. The average Bonchev–Trinajstić information content (AvgIpc) is 3.10. The van der Waals surface area contributed by atoms with Gasteiger partial charge in [-0.25, -0.2) is 0 Å². The molecule has 3 heterocycles. The van der Waals surface area contributed by atoms with Gasteiger partial charge in [0.1, 0.15) is 0 Å². The van der Waals surface area contributed by atoms with Gasteiger partial charge in [-0.15, -0.1) is 0 Å². The van der Waals surface area contributed by atoms with Gasteiger partial charge in [0.2, 0.25) is 11.8 Å². The SMILES string of the molecule is CC(C)N(Cc1cnn(C)c1)C(=O)[C@H]1CCC(=O)N(CCN2CCOCC2)C1. The number of likely N-dealkylation sites (tertiary alicyclic amines) is 1. The second-order valence-electron chi connectivity index (χ2n) is 8.11. The van der Waals surface area contributed by atoms with E-state index in [4.69, 9.17) is 4.74 Å². The lowest BCUT2D eigenvalue weighted by atomic mass is 9.95. The van der Waals surface area contributed by atoms with E-state index in [9.17, 15) is 9.59 Å². The number of amides is 2. The van der Waals surface area contributed by atoms with Gasteiger partial charge in [-0.1, -0.05) is 0 Å². The van der Waals surface area contributed by atoms with Crippen molar-refractivity contribution in [2.75, 3.05) is 45.9 Å². The maximum absolute atomic E-state index is 13.2. The first kappa shape index (κ1) is 20.8. The van der Waals surface area contributed by atoms with Gasteiger partial charge in [0, 0.05) is 70.5 Å². The fourth-order valence-electron chi connectivity index (χ4n) is 3.92. The number of carbonyl (C=O) groups is 2. The zero-order chi connectivity index (χ0) is 20.1. The quantitative estimate of drug-likeness (QED) is 0.685. The fourth-order valence-corrected chi connectivity index (χ4v) is 3.92. The number of piperidine rings is 1. The summed E-state index contributed by atoms with van der Waals surface area (Å²) < 4.78 is 7.14. The number of aryl methyl sites for hydroxylation is 1. The Balaban J connectivity index is 1.58. The zero-order valence-electron chi connectivity index (χ0n) is 17.3. The molecule has 8 heteroatoms. The first-order chi connectivity index (χ1) is 13.4. The molecule has 8 nitrogen and oxygen atoms in total. The van der Waals surface area contributed by atoms with E-state index in [1.54, 1.807) is 4.68 Å². The molecule has 2 fully saturated rings. The number of ether oxygens (including phenoxy) is 1. The van der Waals surface area contributed by atoms with Gasteiger partial charge in [0.25, 0.3) is 0 Å². The molecule has 3 rings (SSSR count). The Morgan fingerprint density at radius 1 is 1.32 bits per heavy atom. The molecular formula is C20H33N5O3. The van der Waals surface area contributed by atoms with Crippen molar-refractivity contribution >= 4 is 11.8 Å². The van der Waals surface area contributed by atoms with Crippen LogP contribution in [0, 0.1) is 5.92 Å². The molecule has 2 aliphatic heterocycles. The minimum absolute atomic E-state index is 0.104. The summed E-state index contributed by atoms with van der Waals surface area (Å²) in [4.78, 5) is 31.7. The molecule has 0 bridgehead atoms. The van der Waals surface area contributed by atoms with E-state index in [1.807, 2.05) is 43.1 Å². The lowest BCUT2D eigenvalue weighted by Gasteiger charge is -2.37. The first-order valence-electron chi connectivity index (χ1n) is 10.3. The Morgan fingerprint density at radius 2 is 2.07 bits per heavy atom. The molecule has 0 N–H and O–H groups in total. The largest absolute Gasteiger partial charge is 0.379 e. The molecule has 28 heavy (non-hydrogen) atoms. The molecule has 1 aromatic heterocycles. The average molecular weight is 392 g/mol. The van der Waals surface area contributed by atoms with Crippen LogP contribution in [0.1, 0.15) is 32.3 Å². The summed E-state index contributed by atoms with van der Waals surface area (Å²) in [6, 6.07) is 0.104. The van der Waals surface area contributed by atoms with Crippen molar-refractivity contribution in [1.29, 1.82) is 0 Å². The van der Waals surface area contributed by atoms with Crippen LogP contribution in [-0.4, -0.2) is 88.3 Å². The molecule has 0 spiro atoms. The Hall–Kier alpha value is -1.93. The van der Waals surface area contributed by atoms with Gasteiger partial charge in [-0.2, -0.15) is 5.10 Å². The third kappa shape index (κ3) is 5.32. The molecular weight excluding hydrogens is 358 g/mol. The lowest BCUT2D eigenvalue weighted by molar-refractivity contribution is -0.144. The topological polar surface area (TPSA) is 70.9 Å². The lowest BCUT2D eigenvalue weighted by Crippen LogP contribution is -2.50. The van der Waals surface area contributed by atoms with Crippen molar-refractivity contribution in [3.05, 3.63) is 18.0 Å². The molecule has 156 valence electrons. The summed E-state index contributed by atoms with van der Waals surface area (Å²) in [5.74, 6) is 0.185. The summed E-state index contributed by atoms with van der Waals surface area (Å²) in [6.07, 6.45) is 4.85. The third-order valence-electron chi connectivity index (χ3n) is 5.66. The zero-order valence-corrected chi connectivity index (χ0v) is 17.3. The van der Waals surface area contributed by atoms with E-state index in [-0.39, 0.29) is 23.8 Å². The molecule has 2 aliphatic rings. The van der Waals surface area contributed by atoms with Gasteiger partial charge in [0.05, 0.1) is 25.3 Å². The molecule has 0 saturated carbocycles. The summed E-state index contributed by atoms with van der Waals surface area (Å²) in [5, 5.41) is 4.20. The minimum atomic E-state index is -0.124. The highest BCUT2D eigenvalue weighted by Gasteiger charge is 2.33. The maximum atomic E-state index is 13.2. The molecule has 0 radical (unpaired) electrons. The van der Waals surface area contributed by atoms with Crippen molar-refractivity contribution < 1.29 is 14.3 Å². The van der Waals surface area contributed by atoms with Gasteiger partial charge in [-0.3, -0.25) is 19.2 Å². The van der Waals surface area contributed by atoms with Gasteiger partial charge in [0.15, 0.2) is 0 Å². The van der Waals surface area contributed by atoms with Crippen molar-refractivity contribution in [3.63, 3.8) is 0 Å². The molecule has 1 atom stereocenters. The van der Waals surface area contributed by atoms with Crippen molar-refractivity contribution in [3.8, 4) is 0 Å². The molecule has 0 aliphatic carbocycles. The molecule has 2 saturated heterocycles. The van der Waals surface area contributed by atoms with Crippen LogP contribution in [0.4, 0.5) is 0 Å². The normalized spacial score (nSPS) is 21.4. The van der Waals surface area contributed by atoms with Crippen LogP contribution >= 0.6 is 0 Å². The van der Waals surface area contributed by atoms with Crippen LogP contribution < -0.4 is 0 Å². The van der Waals surface area contributed by atoms with Gasteiger partial charge >= 0.3 is 0 Å². The second kappa shape index (κ2) is 9.52. The Kier molecular flexibility index (Phi) is 7.07. The van der Waals surface area contributed by atoms with E-state index < -0.39 is 0 Å². The predicted octanol–water partition coefficient (Wildman–Crippen LogP) is 0.728. The fraction of sp³-hybridized carbons (Fsp3) is 0.750. The van der Waals surface area contributed by atoms with Gasteiger partial charge in [-0.05, 0) is 20.3 Å². The third-order valence-corrected chi connectivity index (χ3v) is 5.66. The number of aromatic nitrogens is 2. The van der Waals surface area contributed by atoms with Crippen LogP contribution in [0.3, 0.4) is 0 Å². The number of carbonyl (C=O) groups excluding carboxylic acids is 2. The van der Waals surface area contributed by atoms with Crippen LogP contribution in [0.15, 0.2) is 12.4 Å². The Morgan fingerprint density at radius 3 is 2.71 bits per heavy atom. The van der Waals surface area contributed by atoms with Crippen molar-refractivity contribution in [1.82, 2.24) is 24.5 Å². The number of morpholine rings is 1. The molecule has 1 aromatic rings.